The van der Waals surface area contributed by atoms with E-state index in [9.17, 15) is 0 Å². The van der Waals surface area contributed by atoms with Crippen molar-refractivity contribution in [1.29, 1.82) is 0 Å². The van der Waals surface area contributed by atoms with Gasteiger partial charge in [-0.05, 0) is 36.8 Å². The summed E-state index contributed by atoms with van der Waals surface area (Å²) >= 11 is 1.83. The third-order valence-electron chi connectivity index (χ3n) is 4.43. The van der Waals surface area contributed by atoms with Gasteiger partial charge in [0.1, 0.15) is 0 Å². The van der Waals surface area contributed by atoms with Gasteiger partial charge < -0.3 is 15.1 Å². The van der Waals surface area contributed by atoms with Crippen molar-refractivity contribution in [2.24, 2.45) is 10.9 Å². The number of piperazine rings is 1. The topological polar surface area (TPSA) is 56.7 Å². The fourth-order valence-electron chi connectivity index (χ4n) is 3.08. The summed E-state index contributed by atoms with van der Waals surface area (Å²) in [6.45, 7) is 9.84. The van der Waals surface area contributed by atoms with Gasteiger partial charge in [-0.25, -0.2) is 9.97 Å². The van der Waals surface area contributed by atoms with Crippen molar-refractivity contribution in [2.45, 2.75) is 20.3 Å². The molecule has 0 aromatic carbocycles. The predicted octanol–water partition coefficient (Wildman–Crippen LogP) is 3.12. The molecule has 0 aliphatic carbocycles. The molecule has 1 atom stereocenters. The number of aliphatic imine (C=N–C) groups is 1. The summed E-state index contributed by atoms with van der Waals surface area (Å²) in [4.78, 5) is 19.6. The van der Waals surface area contributed by atoms with Gasteiger partial charge in [0.05, 0.1) is 0 Å². The van der Waals surface area contributed by atoms with Crippen LogP contribution in [0.4, 0.5) is 5.95 Å². The third kappa shape index (κ3) is 6.60. The Kier molecular flexibility index (Phi) is 9.26. The third-order valence-corrected chi connectivity index (χ3v) is 5.33. The summed E-state index contributed by atoms with van der Waals surface area (Å²) in [6.07, 6.45) is 4.70. The van der Waals surface area contributed by atoms with Gasteiger partial charge in [0, 0.05) is 56.5 Å². The minimum atomic E-state index is 0. The largest absolute Gasteiger partial charge is 0.357 e. The molecule has 0 bridgehead atoms. The lowest BCUT2D eigenvalue weighted by atomic mass is 10.1. The van der Waals surface area contributed by atoms with Crippen LogP contribution in [0.25, 0.3) is 0 Å². The van der Waals surface area contributed by atoms with Gasteiger partial charge in [0.15, 0.2) is 5.96 Å². The number of aromatic nitrogens is 2. The van der Waals surface area contributed by atoms with E-state index in [0.717, 1.165) is 57.6 Å². The Labute approximate surface area is 183 Å². The zero-order valence-electron chi connectivity index (χ0n) is 16.0. The smallest absolute Gasteiger partial charge is 0.225 e. The maximum Gasteiger partial charge on any atom is 0.225 e. The van der Waals surface area contributed by atoms with Gasteiger partial charge in [0.25, 0.3) is 0 Å². The van der Waals surface area contributed by atoms with Crippen LogP contribution in [0.3, 0.4) is 0 Å². The second kappa shape index (κ2) is 11.4. The molecule has 1 aliphatic rings. The van der Waals surface area contributed by atoms with E-state index in [0.29, 0.717) is 5.92 Å². The van der Waals surface area contributed by atoms with Crippen LogP contribution >= 0.6 is 35.3 Å². The molecule has 3 rings (SSSR count). The van der Waals surface area contributed by atoms with E-state index >= 15 is 0 Å². The molecular weight excluding hydrogens is 471 g/mol. The average Bonchev–Trinajstić information content (AvgIpc) is 3.19. The highest BCUT2D eigenvalue weighted by Crippen LogP contribution is 2.15. The second-order valence-corrected chi connectivity index (χ2v) is 7.64. The molecule has 0 spiro atoms. The first-order valence-electron chi connectivity index (χ1n) is 9.34. The lowest BCUT2D eigenvalue weighted by Crippen LogP contribution is -2.53. The maximum atomic E-state index is 4.90. The average molecular weight is 500 g/mol. The molecule has 1 unspecified atom stereocenters. The number of rotatable bonds is 6. The number of hydrogen-bond acceptors (Lipinski definition) is 5. The number of nitrogens with zero attached hydrogens (tertiary/aromatic N) is 5. The van der Waals surface area contributed by atoms with Crippen molar-refractivity contribution >= 4 is 47.2 Å². The maximum absolute atomic E-state index is 4.90. The van der Waals surface area contributed by atoms with Gasteiger partial charge in [-0.2, -0.15) is 0 Å². The predicted molar refractivity (Wildman–Crippen MR) is 124 cm³/mol. The van der Waals surface area contributed by atoms with Gasteiger partial charge in [-0.15, -0.1) is 35.3 Å². The van der Waals surface area contributed by atoms with E-state index in [1.807, 2.05) is 17.4 Å². The lowest BCUT2D eigenvalue weighted by molar-refractivity contribution is 0.369. The Balaban J connectivity index is 0.00000261. The number of guanidine groups is 1. The molecule has 1 aliphatic heterocycles. The molecule has 3 heterocycles. The molecule has 0 radical (unpaired) electrons. The van der Waals surface area contributed by atoms with Crippen LogP contribution in [-0.4, -0.2) is 60.1 Å². The van der Waals surface area contributed by atoms with Crippen LogP contribution in [0.1, 0.15) is 18.7 Å². The molecule has 2 aromatic heterocycles. The first kappa shape index (κ1) is 21.9. The Morgan fingerprint density at radius 3 is 2.59 bits per heavy atom. The van der Waals surface area contributed by atoms with E-state index in [1.54, 1.807) is 12.4 Å². The number of anilines is 1. The summed E-state index contributed by atoms with van der Waals surface area (Å²) in [5.74, 6) is 2.39. The fourth-order valence-corrected chi connectivity index (χ4v) is 3.95. The first-order chi connectivity index (χ1) is 12.8. The van der Waals surface area contributed by atoms with Crippen molar-refractivity contribution in [2.75, 3.05) is 44.2 Å². The molecule has 0 saturated carbocycles. The Bertz CT molecular complexity index is 671. The first-order valence-corrected chi connectivity index (χ1v) is 10.2. The molecule has 1 saturated heterocycles. The van der Waals surface area contributed by atoms with Crippen molar-refractivity contribution in [3.8, 4) is 0 Å². The Hall–Kier alpha value is -1.42. The normalized spacial score (nSPS) is 16.0. The minimum absolute atomic E-state index is 0. The van der Waals surface area contributed by atoms with E-state index in [-0.39, 0.29) is 24.0 Å². The Morgan fingerprint density at radius 2 is 1.96 bits per heavy atom. The molecular formula is C19H29IN6S. The molecule has 148 valence electrons. The molecule has 2 aromatic rings. The summed E-state index contributed by atoms with van der Waals surface area (Å²) < 4.78 is 0. The SMILES string of the molecule is CCNC(=NCC(C)Cc1cccs1)N1CCN(c2ncccn2)CC1.I. The highest BCUT2D eigenvalue weighted by molar-refractivity contribution is 14.0. The standard InChI is InChI=1S/C19H28N6S.HI/c1-3-20-18(23-15-16(2)14-17-6-4-13-26-17)24-9-11-25(12-10-24)19-21-7-5-8-22-19;/h4-8,13,16H,3,9-12,14-15H2,1-2H3,(H,20,23);1H. The van der Waals surface area contributed by atoms with Crippen LogP contribution in [0.5, 0.6) is 0 Å². The van der Waals surface area contributed by atoms with Gasteiger partial charge in [-0.3, -0.25) is 4.99 Å². The zero-order chi connectivity index (χ0) is 18.2. The highest BCUT2D eigenvalue weighted by atomic mass is 127. The van der Waals surface area contributed by atoms with E-state index < -0.39 is 0 Å². The van der Waals surface area contributed by atoms with Crippen molar-refractivity contribution < 1.29 is 0 Å². The van der Waals surface area contributed by atoms with Crippen LogP contribution in [0.15, 0.2) is 41.0 Å². The zero-order valence-corrected chi connectivity index (χ0v) is 19.2. The lowest BCUT2D eigenvalue weighted by Gasteiger charge is -2.36. The van der Waals surface area contributed by atoms with Crippen LogP contribution in [0, 0.1) is 5.92 Å². The monoisotopic (exact) mass is 500 g/mol. The van der Waals surface area contributed by atoms with E-state index in [4.69, 9.17) is 4.99 Å². The fraction of sp³-hybridized carbons (Fsp3) is 0.526. The van der Waals surface area contributed by atoms with Gasteiger partial charge >= 0.3 is 0 Å². The van der Waals surface area contributed by atoms with Crippen molar-refractivity contribution in [1.82, 2.24) is 20.2 Å². The summed E-state index contributed by atoms with van der Waals surface area (Å²) in [5.41, 5.74) is 0. The number of thiophene rings is 1. The van der Waals surface area contributed by atoms with Crippen molar-refractivity contribution in [3.05, 3.63) is 40.8 Å². The van der Waals surface area contributed by atoms with Gasteiger partial charge in [-0.1, -0.05) is 13.0 Å². The molecule has 27 heavy (non-hydrogen) atoms. The van der Waals surface area contributed by atoms with Crippen molar-refractivity contribution in [3.63, 3.8) is 0 Å². The summed E-state index contributed by atoms with van der Waals surface area (Å²) in [7, 11) is 0. The van der Waals surface area contributed by atoms with E-state index in [2.05, 4.69) is 56.4 Å². The summed E-state index contributed by atoms with van der Waals surface area (Å²) in [6, 6.07) is 6.18. The quantitative estimate of drug-likeness (QED) is 0.376. The van der Waals surface area contributed by atoms with Gasteiger partial charge in [0.2, 0.25) is 5.95 Å². The number of nitrogens with one attached hydrogen (secondary N) is 1. The van der Waals surface area contributed by atoms with E-state index in [1.165, 1.54) is 4.88 Å². The number of hydrogen-bond donors (Lipinski definition) is 1. The van der Waals surface area contributed by atoms with Crippen LogP contribution in [0.2, 0.25) is 0 Å². The highest BCUT2D eigenvalue weighted by Gasteiger charge is 2.21. The molecule has 1 fully saturated rings. The molecule has 0 amide bonds. The number of halogens is 1. The Morgan fingerprint density at radius 1 is 1.22 bits per heavy atom. The molecule has 6 nitrogen and oxygen atoms in total. The molecule has 1 N–H and O–H groups in total. The van der Waals surface area contributed by atoms with Crippen LogP contribution in [-0.2, 0) is 6.42 Å². The summed E-state index contributed by atoms with van der Waals surface area (Å²) in [5, 5.41) is 5.59. The molecule has 8 heteroatoms. The van der Waals surface area contributed by atoms with Crippen LogP contribution < -0.4 is 10.2 Å². The second-order valence-electron chi connectivity index (χ2n) is 6.61. The minimum Gasteiger partial charge on any atom is -0.357 e.